The Labute approximate surface area is 192 Å². The van der Waals surface area contributed by atoms with E-state index in [2.05, 4.69) is 4.98 Å². The van der Waals surface area contributed by atoms with Gasteiger partial charge in [-0.2, -0.15) is 13.2 Å². The molecule has 33 heavy (non-hydrogen) atoms. The molecule has 0 atom stereocenters. The fraction of sp³-hybridized carbons (Fsp3) is 0.385. The molecular formula is C26H28F3N3O. The normalized spacial score (nSPS) is 14.9. The highest BCUT2D eigenvalue weighted by Gasteiger charge is 2.33. The van der Waals surface area contributed by atoms with Crippen molar-refractivity contribution in [3.8, 4) is 0 Å². The van der Waals surface area contributed by atoms with Gasteiger partial charge in [-0.3, -0.25) is 4.79 Å². The van der Waals surface area contributed by atoms with Crippen molar-refractivity contribution in [1.82, 2.24) is 14.5 Å². The van der Waals surface area contributed by atoms with Gasteiger partial charge in [-0.05, 0) is 43.5 Å². The van der Waals surface area contributed by atoms with E-state index in [9.17, 15) is 18.0 Å². The average molecular weight is 456 g/mol. The molecule has 0 radical (unpaired) electrons. The molecule has 0 bridgehead atoms. The molecule has 1 fully saturated rings. The highest BCUT2D eigenvalue weighted by molar-refractivity contribution is 5.94. The molecule has 1 saturated carbocycles. The van der Waals surface area contributed by atoms with E-state index in [1.165, 1.54) is 12.1 Å². The summed E-state index contributed by atoms with van der Waals surface area (Å²) in [6, 6.07) is 13.2. The third-order valence-corrected chi connectivity index (χ3v) is 6.35. The standard InChI is InChI=1S/C26H28F3N3O/c1-19-11-13-20(14-12-19)25(33)32(22-8-3-2-4-9-22)18-24-30-15-16-31(24)17-21-7-5-6-10-23(21)26(27,28)29/h5-7,10-16,22H,2-4,8-9,17-18H2,1H3. The lowest BCUT2D eigenvalue weighted by Crippen LogP contribution is -2.41. The molecule has 1 aliphatic carbocycles. The molecule has 2 aromatic carbocycles. The number of rotatable bonds is 6. The average Bonchev–Trinajstić information content (AvgIpc) is 3.24. The van der Waals surface area contributed by atoms with Crippen LogP contribution in [0.5, 0.6) is 0 Å². The van der Waals surface area contributed by atoms with Gasteiger partial charge in [0.25, 0.3) is 5.91 Å². The first kappa shape index (κ1) is 23.1. The van der Waals surface area contributed by atoms with Gasteiger partial charge >= 0.3 is 6.18 Å². The molecule has 1 heterocycles. The van der Waals surface area contributed by atoms with E-state index in [0.717, 1.165) is 43.7 Å². The van der Waals surface area contributed by atoms with E-state index >= 15 is 0 Å². The highest BCUT2D eigenvalue weighted by Crippen LogP contribution is 2.32. The van der Waals surface area contributed by atoms with Gasteiger partial charge < -0.3 is 9.47 Å². The smallest absolute Gasteiger partial charge is 0.329 e. The Morgan fingerprint density at radius 2 is 1.76 bits per heavy atom. The van der Waals surface area contributed by atoms with Crippen molar-refractivity contribution in [1.29, 1.82) is 0 Å². The second-order valence-electron chi connectivity index (χ2n) is 8.72. The van der Waals surface area contributed by atoms with E-state index < -0.39 is 11.7 Å². The van der Waals surface area contributed by atoms with Crippen molar-refractivity contribution in [2.24, 2.45) is 0 Å². The number of alkyl halides is 3. The highest BCUT2D eigenvalue weighted by atomic mass is 19.4. The van der Waals surface area contributed by atoms with E-state index in [1.807, 2.05) is 36.1 Å². The predicted molar refractivity (Wildman–Crippen MR) is 121 cm³/mol. The molecule has 7 heteroatoms. The minimum Gasteiger partial charge on any atom is -0.329 e. The first-order valence-corrected chi connectivity index (χ1v) is 11.4. The van der Waals surface area contributed by atoms with Gasteiger partial charge in [0.05, 0.1) is 12.1 Å². The van der Waals surface area contributed by atoms with Crippen LogP contribution in [0.1, 0.15) is 65.0 Å². The number of carbonyl (C=O) groups is 1. The van der Waals surface area contributed by atoms with E-state index in [0.29, 0.717) is 11.4 Å². The molecular weight excluding hydrogens is 427 g/mol. The van der Waals surface area contributed by atoms with Crippen molar-refractivity contribution in [2.45, 2.75) is 64.3 Å². The number of halogens is 3. The number of carbonyl (C=O) groups excluding carboxylic acids is 1. The Morgan fingerprint density at radius 1 is 1.06 bits per heavy atom. The molecule has 4 rings (SSSR count). The summed E-state index contributed by atoms with van der Waals surface area (Å²) >= 11 is 0. The van der Waals surface area contributed by atoms with Crippen LogP contribution in [0.4, 0.5) is 13.2 Å². The van der Waals surface area contributed by atoms with E-state index in [1.54, 1.807) is 23.0 Å². The molecule has 174 valence electrons. The van der Waals surface area contributed by atoms with Crippen LogP contribution in [0.25, 0.3) is 0 Å². The van der Waals surface area contributed by atoms with Gasteiger partial charge in [-0.1, -0.05) is 55.2 Å². The zero-order chi connectivity index (χ0) is 23.4. The number of hydrogen-bond acceptors (Lipinski definition) is 2. The predicted octanol–water partition coefficient (Wildman–Crippen LogP) is 6.23. The maximum absolute atomic E-state index is 13.5. The van der Waals surface area contributed by atoms with Gasteiger partial charge in [0.15, 0.2) is 0 Å². The Balaban J connectivity index is 1.61. The summed E-state index contributed by atoms with van der Waals surface area (Å²) in [7, 11) is 0. The molecule has 1 aliphatic rings. The number of aryl methyl sites for hydroxylation is 1. The summed E-state index contributed by atoms with van der Waals surface area (Å²) in [5, 5.41) is 0. The lowest BCUT2D eigenvalue weighted by atomic mass is 9.93. The molecule has 0 N–H and O–H groups in total. The lowest BCUT2D eigenvalue weighted by Gasteiger charge is -2.34. The van der Waals surface area contributed by atoms with Crippen LogP contribution in [0.15, 0.2) is 60.9 Å². The Kier molecular flexibility index (Phi) is 6.86. The summed E-state index contributed by atoms with van der Waals surface area (Å²) in [6.07, 6.45) is 3.98. The Morgan fingerprint density at radius 3 is 2.45 bits per heavy atom. The van der Waals surface area contributed by atoms with Crippen molar-refractivity contribution in [3.05, 3.63) is 89.0 Å². The molecule has 0 saturated heterocycles. The van der Waals surface area contributed by atoms with Gasteiger partial charge in [0, 0.05) is 30.5 Å². The second kappa shape index (κ2) is 9.81. The monoisotopic (exact) mass is 455 g/mol. The maximum Gasteiger partial charge on any atom is 0.416 e. The molecule has 4 nitrogen and oxygen atoms in total. The first-order chi connectivity index (χ1) is 15.8. The largest absolute Gasteiger partial charge is 0.416 e. The summed E-state index contributed by atoms with van der Waals surface area (Å²) in [6.45, 7) is 2.28. The van der Waals surface area contributed by atoms with Crippen molar-refractivity contribution < 1.29 is 18.0 Å². The number of amides is 1. The molecule has 0 unspecified atom stereocenters. The van der Waals surface area contributed by atoms with Crippen LogP contribution in [0.3, 0.4) is 0 Å². The van der Waals surface area contributed by atoms with Gasteiger partial charge in [0.1, 0.15) is 5.82 Å². The van der Waals surface area contributed by atoms with Gasteiger partial charge in [-0.25, -0.2) is 4.98 Å². The number of benzene rings is 2. The maximum atomic E-state index is 13.5. The van der Waals surface area contributed by atoms with Crippen LogP contribution in [0, 0.1) is 6.92 Å². The minimum atomic E-state index is -4.42. The third-order valence-electron chi connectivity index (χ3n) is 6.35. The Bertz CT molecular complexity index is 1080. The number of aromatic nitrogens is 2. The molecule has 3 aromatic rings. The minimum absolute atomic E-state index is 0.0439. The quantitative estimate of drug-likeness (QED) is 0.442. The fourth-order valence-corrected chi connectivity index (χ4v) is 4.53. The van der Waals surface area contributed by atoms with Crippen LogP contribution in [-0.2, 0) is 19.3 Å². The Hall–Kier alpha value is -3.09. The molecule has 0 spiro atoms. The topological polar surface area (TPSA) is 38.1 Å². The SMILES string of the molecule is Cc1ccc(C(=O)N(Cc2nccn2Cc2ccccc2C(F)(F)F)C2CCCCC2)cc1. The van der Waals surface area contributed by atoms with Gasteiger partial charge in [0.2, 0.25) is 0 Å². The second-order valence-corrected chi connectivity index (χ2v) is 8.72. The zero-order valence-electron chi connectivity index (χ0n) is 18.7. The summed E-state index contributed by atoms with van der Waals surface area (Å²) in [4.78, 5) is 19.8. The van der Waals surface area contributed by atoms with Crippen LogP contribution >= 0.6 is 0 Å². The lowest BCUT2D eigenvalue weighted by molar-refractivity contribution is -0.138. The van der Waals surface area contributed by atoms with Crippen molar-refractivity contribution in [3.63, 3.8) is 0 Å². The molecule has 1 aromatic heterocycles. The molecule has 1 amide bonds. The fourth-order valence-electron chi connectivity index (χ4n) is 4.53. The van der Waals surface area contributed by atoms with Crippen LogP contribution in [0.2, 0.25) is 0 Å². The third kappa shape index (κ3) is 5.46. The van der Waals surface area contributed by atoms with Crippen molar-refractivity contribution in [2.75, 3.05) is 0 Å². The van der Waals surface area contributed by atoms with Crippen molar-refractivity contribution >= 4 is 5.91 Å². The zero-order valence-corrected chi connectivity index (χ0v) is 18.7. The van der Waals surface area contributed by atoms with Crippen LogP contribution in [-0.4, -0.2) is 26.4 Å². The van der Waals surface area contributed by atoms with Gasteiger partial charge in [-0.15, -0.1) is 0 Å². The number of nitrogens with zero attached hydrogens (tertiary/aromatic N) is 3. The van der Waals surface area contributed by atoms with E-state index in [-0.39, 0.29) is 30.6 Å². The number of imidazole rings is 1. The summed E-state index contributed by atoms with van der Waals surface area (Å²) in [5.41, 5.74) is 1.23. The number of hydrogen-bond donors (Lipinski definition) is 0. The molecule has 0 aliphatic heterocycles. The summed E-state index contributed by atoms with van der Waals surface area (Å²) < 4.78 is 42.1. The first-order valence-electron chi connectivity index (χ1n) is 11.4. The summed E-state index contributed by atoms with van der Waals surface area (Å²) in [5.74, 6) is 0.519. The van der Waals surface area contributed by atoms with Crippen LogP contribution < -0.4 is 0 Å². The van der Waals surface area contributed by atoms with E-state index in [4.69, 9.17) is 0 Å².